The molecule has 1 aliphatic rings. The summed E-state index contributed by atoms with van der Waals surface area (Å²) in [5.74, 6) is 0.582. The fraction of sp³-hybridized carbons (Fsp3) is 0.529. The maximum Gasteiger partial charge on any atom is 0.266 e. The van der Waals surface area contributed by atoms with Crippen LogP contribution in [0.3, 0.4) is 0 Å². The molecule has 0 aliphatic carbocycles. The third kappa shape index (κ3) is 4.96. The van der Waals surface area contributed by atoms with Crippen LogP contribution in [0.5, 0.6) is 5.75 Å². The SMILES string of the molecule is COc1cccc2c1CCCCN(C[C@H](C)NC(=O)/C=N\O)C2. The minimum Gasteiger partial charge on any atom is -0.496 e. The lowest BCUT2D eigenvalue weighted by Crippen LogP contribution is -2.42. The number of carbonyl (C=O) groups excluding carboxylic acids is 1. The molecule has 0 radical (unpaired) electrons. The molecule has 1 aromatic rings. The van der Waals surface area contributed by atoms with Crippen molar-refractivity contribution in [2.24, 2.45) is 5.16 Å². The highest BCUT2D eigenvalue weighted by molar-refractivity contribution is 6.26. The lowest BCUT2D eigenvalue weighted by molar-refractivity contribution is -0.115. The summed E-state index contributed by atoms with van der Waals surface area (Å²) >= 11 is 0. The molecule has 0 unspecified atom stereocenters. The Morgan fingerprint density at radius 1 is 1.52 bits per heavy atom. The van der Waals surface area contributed by atoms with E-state index in [0.717, 1.165) is 50.9 Å². The number of methoxy groups -OCH3 is 1. The number of rotatable bonds is 5. The second kappa shape index (κ2) is 8.53. The summed E-state index contributed by atoms with van der Waals surface area (Å²) in [6.45, 7) is 4.56. The van der Waals surface area contributed by atoms with Gasteiger partial charge in [0.1, 0.15) is 12.0 Å². The van der Waals surface area contributed by atoms with Gasteiger partial charge >= 0.3 is 0 Å². The second-order valence-corrected chi connectivity index (χ2v) is 5.94. The van der Waals surface area contributed by atoms with Gasteiger partial charge in [-0.05, 0) is 49.9 Å². The van der Waals surface area contributed by atoms with Crippen molar-refractivity contribution in [2.45, 2.75) is 38.8 Å². The molecule has 6 heteroatoms. The Balaban J connectivity index is 2.04. The van der Waals surface area contributed by atoms with Crippen molar-refractivity contribution < 1.29 is 14.7 Å². The molecule has 2 N–H and O–H groups in total. The number of nitrogens with one attached hydrogen (secondary N) is 1. The minimum atomic E-state index is -0.380. The Kier molecular flexibility index (Phi) is 6.40. The van der Waals surface area contributed by atoms with E-state index >= 15 is 0 Å². The molecule has 0 fully saturated rings. The molecule has 1 amide bonds. The molecule has 23 heavy (non-hydrogen) atoms. The highest BCUT2D eigenvalue weighted by Gasteiger charge is 2.18. The predicted molar refractivity (Wildman–Crippen MR) is 89.1 cm³/mol. The molecule has 126 valence electrons. The third-order valence-corrected chi connectivity index (χ3v) is 4.09. The molecule has 0 saturated carbocycles. The molecule has 1 atom stereocenters. The fourth-order valence-electron chi connectivity index (χ4n) is 3.11. The lowest BCUT2D eigenvalue weighted by Gasteiger charge is -2.29. The summed E-state index contributed by atoms with van der Waals surface area (Å²) in [6.07, 6.45) is 4.18. The first kappa shape index (κ1) is 17.3. The zero-order valence-electron chi connectivity index (χ0n) is 13.8. The van der Waals surface area contributed by atoms with E-state index in [1.54, 1.807) is 7.11 Å². The Morgan fingerprint density at radius 3 is 3.09 bits per heavy atom. The fourth-order valence-corrected chi connectivity index (χ4v) is 3.11. The Bertz CT molecular complexity index is 560. The molecule has 1 aliphatic heterocycles. The predicted octanol–water partition coefficient (Wildman–Crippen LogP) is 1.80. The Morgan fingerprint density at radius 2 is 2.35 bits per heavy atom. The summed E-state index contributed by atoms with van der Waals surface area (Å²) in [7, 11) is 1.71. The van der Waals surface area contributed by atoms with Crippen LogP contribution in [0.15, 0.2) is 23.4 Å². The number of benzene rings is 1. The van der Waals surface area contributed by atoms with E-state index in [9.17, 15) is 4.79 Å². The summed E-state index contributed by atoms with van der Waals surface area (Å²) in [5, 5.41) is 13.9. The van der Waals surface area contributed by atoms with Crippen LogP contribution in [0.4, 0.5) is 0 Å². The van der Waals surface area contributed by atoms with Crippen molar-refractivity contribution in [3.63, 3.8) is 0 Å². The van der Waals surface area contributed by atoms with Gasteiger partial charge in [0.2, 0.25) is 0 Å². The molecular weight excluding hydrogens is 294 g/mol. The zero-order chi connectivity index (χ0) is 16.7. The molecule has 1 aromatic carbocycles. The summed E-state index contributed by atoms with van der Waals surface area (Å²) in [4.78, 5) is 13.8. The quantitative estimate of drug-likeness (QED) is 0.493. The van der Waals surface area contributed by atoms with Crippen LogP contribution in [-0.2, 0) is 17.8 Å². The molecule has 0 aromatic heterocycles. The van der Waals surface area contributed by atoms with Crippen LogP contribution in [-0.4, -0.2) is 48.5 Å². The number of hydrogen-bond donors (Lipinski definition) is 2. The van der Waals surface area contributed by atoms with Crippen LogP contribution in [0.1, 0.15) is 30.9 Å². The van der Waals surface area contributed by atoms with Crippen molar-refractivity contribution in [1.29, 1.82) is 0 Å². The summed E-state index contributed by atoms with van der Waals surface area (Å²) < 4.78 is 5.49. The van der Waals surface area contributed by atoms with Crippen molar-refractivity contribution in [1.82, 2.24) is 10.2 Å². The van der Waals surface area contributed by atoms with Crippen LogP contribution >= 0.6 is 0 Å². The van der Waals surface area contributed by atoms with Gasteiger partial charge in [0.15, 0.2) is 0 Å². The Hall–Kier alpha value is -2.08. The van der Waals surface area contributed by atoms with Gasteiger partial charge in [-0.25, -0.2) is 0 Å². The van der Waals surface area contributed by atoms with E-state index < -0.39 is 0 Å². The van der Waals surface area contributed by atoms with E-state index in [1.165, 1.54) is 11.1 Å². The number of ether oxygens (including phenoxy) is 1. The zero-order valence-corrected chi connectivity index (χ0v) is 13.8. The van der Waals surface area contributed by atoms with Gasteiger partial charge in [-0.2, -0.15) is 0 Å². The molecule has 2 rings (SSSR count). The molecule has 6 nitrogen and oxygen atoms in total. The Labute approximate surface area is 137 Å². The van der Waals surface area contributed by atoms with Gasteiger partial charge in [-0.1, -0.05) is 17.3 Å². The topological polar surface area (TPSA) is 74.2 Å². The van der Waals surface area contributed by atoms with E-state index in [0.29, 0.717) is 0 Å². The van der Waals surface area contributed by atoms with Crippen LogP contribution in [0.2, 0.25) is 0 Å². The van der Waals surface area contributed by atoms with E-state index in [4.69, 9.17) is 9.94 Å². The average Bonchev–Trinajstić information content (AvgIpc) is 2.49. The van der Waals surface area contributed by atoms with Crippen LogP contribution in [0, 0.1) is 0 Å². The summed E-state index contributed by atoms with van der Waals surface area (Å²) in [6, 6.07) is 6.18. The minimum absolute atomic E-state index is 0.0195. The van der Waals surface area contributed by atoms with Crippen molar-refractivity contribution in [3.05, 3.63) is 29.3 Å². The van der Waals surface area contributed by atoms with Gasteiger partial charge in [-0.3, -0.25) is 9.69 Å². The van der Waals surface area contributed by atoms with Crippen LogP contribution < -0.4 is 10.1 Å². The standard InChI is InChI=1S/C17H25N3O3/c1-13(19-17(21)10-18-22)11-20-9-4-3-7-15-14(12-20)6-5-8-16(15)23-2/h5-6,8,10,13,22H,3-4,7,9,11-12H2,1-2H3,(H,19,21)/b18-10-/t13-/m0/s1. The number of oxime groups is 1. The van der Waals surface area contributed by atoms with Gasteiger partial charge in [0.05, 0.1) is 7.11 Å². The molecule has 0 saturated heterocycles. The monoisotopic (exact) mass is 319 g/mol. The van der Waals surface area contributed by atoms with E-state index in [2.05, 4.69) is 21.4 Å². The lowest BCUT2D eigenvalue weighted by atomic mass is 9.98. The summed E-state index contributed by atoms with van der Waals surface area (Å²) in [5.41, 5.74) is 2.59. The molecule has 1 heterocycles. The number of nitrogens with zero attached hydrogens (tertiary/aromatic N) is 2. The highest BCUT2D eigenvalue weighted by atomic mass is 16.5. The number of carbonyl (C=O) groups is 1. The number of hydrogen-bond acceptors (Lipinski definition) is 5. The smallest absolute Gasteiger partial charge is 0.266 e. The van der Waals surface area contributed by atoms with Crippen molar-refractivity contribution in [2.75, 3.05) is 20.2 Å². The number of amides is 1. The highest BCUT2D eigenvalue weighted by Crippen LogP contribution is 2.27. The van der Waals surface area contributed by atoms with Gasteiger partial charge in [-0.15, -0.1) is 0 Å². The van der Waals surface area contributed by atoms with E-state index in [1.807, 2.05) is 19.1 Å². The number of fused-ring (bicyclic) bond motifs is 1. The maximum absolute atomic E-state index is 11.4. The van der Waals surface area contributed by atoms with Crippen molar-refractivity contribution >= 4 is 12.1 Å². The molecular formula is C17H25N3O3. The first-order valence-electron chi connectivity index (χ1n) is 7.99. The van der Waals surface area contributed by atoms with Gasteiger partial charge in [0.25, 0.3) is 5.91 Å². The van der Waals surface area contributed by atoms with E-state index in [-0.39, 0.29) is 11.9 Å². The molecule has 0 spiro atoms. The van der Waals surface area contributed by atoms with Crippen LogP contribution in [0.25, 0.3) is 0 Å². The second-order valence-electron chi connectivity index (χ2n) is 5.94. The van der Waals surface area contributed by atoms with Crippen molar-refractivity contribution in [3.8, 4) is 5.75 Å². The normalized spacial score (nSPS) is 17.1. The first-order valence-corrected chi connectivity index (χ1v) is 7.99. The maximum atomic E-state index is 11.4. The largest absolute Gasteiger partial charge is 0.496 e. The average molecular weight is 319 g/mol. The van der Waals surface area contributed by atoms with Gasteiger partial charge in [0, 0.05) is 19.1 Å². The third-order valence-electron chi connectivity index (χ3n) is 4.09. The first-order chi connectivity index (χ1) is 11.1. The molecule has 0 bridgehead atoms. The van der Waals surface area contributed by atoms with Gasteiger partial charge < -0.3 is 15.3 Å².